The molecule has 0 N–H and O–H groups in total. The van der Waals surface area contributed by atoms with Crippen LogP contribution in [0.2, 0.25) is 10.0 Å². The third kappa shape index (κ3) is 3.89. The molecule has 0 spiro atoms. The Morgan fingerprint density at radius 1 is 1.07 bits per heavy atom. The minimum absolute atomic E-state index is 0.0841. The summed E-state index contributed by atoms with van der Waals surface area (Å²) in [6.07, 6.45) is 1.89. The smallest absolute Gasteiger partial charge is 0.244 e. The predicted octanol–water partition coefficient (Wildman–Crippen LogP) is 4.00. The van der Waals surface area contributed by atoms with Crippen LogP contribution in [-0.2, 0) is 11.3 Å². The summed E-state index contributed by atoms with van der Waals surface area (Å²) in [7, 11) is 0. The number of fused-ring (bicyclic) bond motifs is 1. The molecular formula is C20H20Cl2N4O. The van der Waals surface area contributed by atoms with Crippen LogP contribution in [0.1, 0.15) is 5.56 Å². The van der Waals surface area contributed by atoms with Crippen molar-refractivity contribution >= 4 is 45.7 Å². The Kier molecular flexibility index (Phi) is 4.98. The molecule has 140 valence electrons. The quantitative estimate of drug-likeness (QED) is 0.664. The summed E-state index contributed by atoms with van der Waals surface area (Å²) in [6, 6.07) is 11.6. The first-order valence-electron chi connectivity index (χ1n) is 8.91. The molecule has 2 heterocycles. The maximum atomic E-state index is 12.7. The van der Waals surface area contributed by atoms with E-state index in [4.69, 9.17) is 23.2 Å². The molecule has 0 aliphatic carbocycles. The van der Waals surface area contributed by atoms with Crippen molar-refractivity contribution < 1.29 is 4.79 Å². The van der Waals surface area contributed by atoms with E-state index in [1.54, 1.807) is 4.68 Å². The number of carbonyl (C=O) groups excluding carboxylic acids is 1. The molecule has 3 aromatic rings. The molecule has 0 saturated carbocycles. The van der Waals surface area contributed by atoms with Crippen molar-refractivity contribution in [3.63, 3.8) is 0 Å². The van der Waals surface area contributed by atoms with Gasteiger partial charge in [-0.25, -0.2) is 0 Å². The summed E-state index contributed by atoms with van der Waals surface area (Å²) >= 11 is 12.1. The fourth-order valence-electron chi connectivity index (χ4n) is 3.40. The van der Waals surface area contributed by atoms with Gasteiger partial charge < -0.3 is 9.80 Å². The van der Waals surface area contributed by atoms with Gasteiger partial charge >= 0.3 is 0 Å². The molecule has 5 nitrogen and oxygen atoms in total. The van der Waals surface area contributed by atoms with Gasteiger partial charge in [-0.1, -0.05) is 23.2 Å². The number of anilines is 1. The van der Waals surface area contributed by atoms with E-state index in [9.17, 15) is 4.79 Å². The monoisotopic (exact) mass is 402 g/mol. The van der Waals surface area contributed by atoms with E-state index >= 15 is 0 Å². The van der Waals surface area contributed by atoms with Crippen LogP contribution >= 0.6 is 23.2 Å². The number of nitrogens with zero attached hydrogens (tertiary/aromatic N) is 4. The van der Waals surface area contributed by atoms with Crippen molar-refractivity contribution in [2.75, 3.05) is 31.1 Å². The van der Waals surface area contributed by atoms with Crippen LogP contribution in [-0.4, -0.2) is 46.8 Å². The fraction of sp³-hybridized carbons (Fsp3) is 0.300. The Hall–Kier alpha value is -2.24. The van der Waals surface area contributed by atoms with Crippen molar-refractivity contribution in [1.29, 1.82) is 0 Å². The summed E-state index contributed by atoms with van der Waals surface area (Å²) in [5.41, 5.74) is 3.02. The number of carbonyl (C=O) groups is 1. The molecule has 7 heteroatoms. The molecule has 4 rings (SSSR count). The molecule has 1 amide bonds. The lowest BCUT2D eigenvalue weighted by Crippen LogP contribution is -2.49. The third-order valence-corrected chi connectivity index (χ3v) is 5.61. The summed E-state index contributed by atoms with van der Waals surface area (Å²) in [4.78, 5) is 16.8. The first-order chi connectivity index (χ1) is 13.0. The highest BCUT2D eigenvalue weighted by Gasteiger charge is 2.22. The summed E-state index contributed by atoms with van der Waals surface area (Å²) in [6.45, 7) is 5.27. The van der Waals surface area contributed by atoms with Gasteiger partial charge in [0.05, 0.1) is 5.52 Å². The second-order valence-corrected chi connectivity index (χ2v) is 7.67. The first kappa shape index (κ1) is 18.1. The third-order valence-electron chi connectivity index (χ3n) is 4.95. The van der Waals surface area contributed by atoms with E-state index in [-0.39, 0.29) is 12.5 Å². The van der Waals surface area contributed by atoms with E-state index in [2.05, 4.69) is 16.1 Å². The molecule has 0 unspecified atom stereocenters. The van der Waals surface area contributed by atoms with Crippen molar-refractivity contribution in [3.05, 3.63) is 58.2 Å². The number of amides is 1. The zero-order valence-corrected chi connectivity index (χ0v) is 16.5. The van der Waals surface area contributed by atoms with Gasteiger partial charge in [-0.05, 0) is 48.9 Å². The number of hydrogen-bond acceptors (Lipinski definition) is 3. The second kappa shape index (κ2) is 7.41. The Morgan fingerprint density at radius 2 is 1.85 bits per heavy atom. The summed E-state index contributed by atoms with van der Waals surface area (Å²) in [5.74, 6) is 0.0841. The highest BCUT2D eigenvalue weighted by molar-refractivity contribution is 6.31. The van der Waals surface area contributed by atoms with Crippen LogP contribution in [0.5, 0.6) is 0 Å². The minimum Gasteiger partial charge on any atom is -0.368 e. The number of aryl methyl sites for hydroxylation is 1. The Balaban J connectivity index is 1.38. The van der Waals surface area contributed by atoms with Gasteiger partial charge in [0, 0.05) is 53.5 Å². The van der Waals surface area contributed by atoms with Crippen LogP contribution in [0.15, 0.2) is 42.6 Å². The molecule has 0 radical (unpaired) electrons. The Bertz CT molecular complexity index is 993. The first-order valence-corrected chi connectivity index (χ1v) is 9.67. The molecule has 0 atom stereocenters. The SMILES string of the molecule is Cc1cc(N2CCN(C(=O)Cn3cc4ccc(Cl)cc4n3)CC2)ccc1Cl. The van der Waals surface area contributed by atoms with E-state index in [1.165, 1.54) is 0 Å². The van der Waals surface area contributed by atoms with E-state index in [0.29, 0.717) is 18.1 Å². The van der Waals surface area contributed by atoms with E-state index < -0.39 is 0 Å². The normalized spacial score (nSPS) is 14.8. The predicted molar refractivity (Wildman–Crippen MR) is 110 cm³/mol. The zero-order chi connectivity index (χ0) is 19.0. The van der Waals surface area contributed by atoms with Gasteiger partial charge in [-0.3, -0.25) is 9.48 Å². The number of aromatic nitrogens is 2. The molecular weight excluding hydrogens is 383 g/mol. The van der Waals surface area contributed by atoms with Crippen molar-refractivity contribution in [2.24, 2.45) is 0 Å². The number of benzene rings is 2. The number of rotatable bonds is 3. The van der Waals surface area contributed by atoms with Gasteiger partial charge in [-0.15, -0.1) is 0 Å². The highest BCUT2D eigenvalue weighted by Crippen LogP contribution is 2.23. The van der Waals surface area contributed by atoms with Crippen molar-refractivity contribution in [2.45, 2.75) is 13.5 Å². The van der Waals surface area contributed by atoms with Crippen LogP contribution < -0.4 is 4.90 Å². The summed E-state index contributed by atoms with van der Waals surface area (Å²) in [5, 5.41) is 6.86. The highest BCUT2D eigenvalue weighted by atomic mass is 35.5. The standard InChI is InChI=1S/C20H20Cl2N4O/c1-14-10-17(4-5-18(14)22)24-6-8-25(9-7-24)20(27)13-26-12-15-2-3-16(21)11-19(15)23-26/h2-5,10-12H,6-9,13H2,1H3. The second-order valence-electron chi connectivity index (χ2n) is 6.83. The molecule has 2 aromatic carbocycles. The molecule has 1 fully saturated rings. The van der Waals surface area contributed by atoms with Crippen LogP contribution in [0, 0.1) is 6.92 Å². The minimum atomic E-state index is 0.0841. The van der Waals surface area contributed by atoms with E-state index in [0.717, 1.165) is 40.3 Å². The summed E-state index contributed by atoms with van der Waals surface area (Å²) < 4.78 is 1.69. The van der Waals surface area contributed by atoms with Crippen molar-refractivity contribution in [1.82, 2.24) is 14.7 Å². The van der Waals surface area contributed by atoms with Gasteiger partial charge in [-0.2, -0.15) is 5.10 Å². The topological polar surface area (TPSA) is 41.4 Å². The maximum absolute atomic E-state index is 12.7. The average molecular weight is 403 g/mol. The van der Waals surface area contributed by atoms with Crippen LogP contribution in [0.25, 0.3) is 10.9 Å². The van der Waals surface area contributed by atoms with E-state index in [1.807, 2.05) is 48.4 Å². The van der Waals surface area contributed by atoms with Gasteiger partial charge in [0.2, 0.25) is 5.91 Å². The largest absolute Gasteiger partial charge is 0.368 e. The molecule has 1 aliphatic rings. The number of halogens is 2. The fourth-order valence-corrected chi connectivity index (χ4v) is 3.68. The molecule has 1 aromatic heterocycles. The van der Waals surface area contributed by atoms with Gasteiger partial charge in [0.15, 0.2) is 0 Å². The zero-order valence-electron chi connectivity index (χ0n) is 15.0. The Morgan fingerprint density at radius 3 is 2.59 bits per heavy atom. The molecule has 1 saturated heterocycles. The lowest BCUT2D eigenvalue weighted by Gasteiger charge is -2.36. The average Bonchev–Trinajstić information content (AvgIpc) is 3.05. The van der Waals surface area contributed by atoms with Gasteiger partial charge in [0.25, 0.3) is 0 Å². The molecule has 1 aliphatic heterocycles. The number of hydrogen-bond donors (Lipinski definition) is 0. The van der Waals surface area contributed by atoms with Crippen LogP contribution in [0.4, 0.5) is 5.69 Å². The lowest BCUT2D eigenvalue weighted by atomic mass is 10.2. The molecule has 27 heavy (non-hydrogen) atoms. The van der Waals surface area contributed by atoms with Crippen LogP contribution in [0.3, 0.4) is 0 Å². The maximum Gasteiger partial charge on any atom is 0.244 e. The van der Waals surface area contributed by atoms with Crippen molar-refractivity contribution in [3.8, 4) is 0 Å². The lowest BCUT2D eigenvalue weighted by molar-refractivity contribution is -0.132. The molecule has 0 bridgehead atoms. The Labute approximate surface area is 168 Å². The number of piperazine rings is 1. The van der Waals surface area contributed by atoms with Gasteiger partial charge in [0.1, 0.15) is 6.54 Å².